The number of carbonyl (C=O) groups excluding carboxylic acids is 1. The molecule has 1 heterocycles. The van der Waals surface area contributed by atoms with E-state index in [9.17, 15) is 19.3 Å². The van der Waals surface area contributed by atoms with Crippen molar-refractivity contribution in [3.05, 3.63) is 33.6 Å². The minimum atomic E-state index is -0.872. The van der Waals surface area contributed by atoms with Crippen LogP contribution in [0.15, 0.2) is 12.1 Å². The van der Waals surface area contributed by atoms with E-state index >= 15 is 0 Å². The number of hydrogen-bond donors (Lipinski definition) is 2. The first-order valence-corrected chi connectivity index (χ1v) is 6.60. The number of anilines is 1. The van der Waals surface area contributed by atoms with Gasteiger partial charge in [0.1, 0.15) is 5.56 Å². The molecule has 21 heavy (non-hydrogen) atoms. The van der Waals surface area contributed by atoms with Gasteiger partial charge in [0, 0.05) is 12.6 Å². The van der Waals surface area contributed by atoms with Gasteiger partial charge >= 0.3 is 0 Å². The molecule has 0 aromatic heterocycles. The van der Waals surface area contributed by atoms with Crippen LogP contribution in [0.5, 0.6) is 0 Å². The van der Waals surface area contributed by atoms with Gasteiger partial charge in [-0.15, -0.1) is 0 Å². The molecule has 8 heteroatoms. The second-order valence-corrected chi connectivity index (χ2v) is 5.40. The number of carbonyl (C=O) groups is 1. The van der Waals surface area contributed by atoms with E-state index in [2.05, 4.69) is 5.43 Å². The van der Waals surface area contributed by atoms with E-state index < -0.39 is 22.3 Å². The summed E-state index contributed by atoms with van der Waals surface area (Å²) in [5.41, 5.74) is 1.24. The Balaban J connectivity index is 2.46. The highest BCUT2D eigenvalue weighted by Crippen LogP contribution is 2.30. The van der Waals surface area contributed by atoms with Crippen molar-refractivity contribution in [2.75, 3.05) is 12.0 Å². The van der Waals surface area contributed by atoms with Crippen LogP contribution < -0.4 is 11.3 Å². The van der Waals surface area contributed by atoms with Gasteiger partial charge in [-0.3, -0.25) is 20.8 Å². The third-order valence-electron chi connectivity index (χ3n) is 3.71. The van der Waals surface area contributed by atoms with Crippen LogP contribution in [0.4, 0.5) is 15.8 Å². The molecule has 1 amide bonds. The van der Waals surface area contributed by atoms with Crippen LogP contribution >= 0.6 is 0 Å². The van der Waals surface area contributed by atoms with Crippen molar-refractivity contribution in [3.8, 4) is 0 Å². The largest absolute Gasteiger partial charge is 0.335 e. The van der Waals surface area contributed by atoms with Crippen LogP contribution in [0.3, 0.4) is 0 Å². The standard InChI is InChI=1S/C13H17FN4O3/c1-7-3-8(2)17(6-7)13(19)9-4-11(16-15)10(14)5-12(9)18(20)21/h4-5,7-8,16H,3,6,15H2,1-2H3. The third-order valence-corrected chi connectivity index (χ3v) is 3.71. The number of rotatable bonds is 3. The lowest BCUT2D eigenvalue weighted by Crippen LogP contribution is -2.34. The molecule has 7 nitrogen and oxygen atoms in total. The topological polar surface area (TPSA) is 102 Å². The van der Waals surface area contributed by atoms with Gasteiger partial charge < -0.3 is 10.3 Å². The SMILES string of the molecule is CC1CC(C)N(C(=O)c2cc(NN)c(F)cc2[N+](=O)[O-])C1. The van der Waals surface area contributed by atoms with E-state index in [1.807, 2.05) is 13.8 Å². The smallest absolute Gasteiger partial charge is 0.285 e. The van der Waals surface area contributed by atoms with Gasteiger partial charge in [-0.05, 0) is 25.3 Å². The van der Waals surface area contributed by atoms with Gasteiger partial charge in [-0.25, -0.2) is 4.39 Å². The number of benzene rings is 1. The van der Waals surface area contributed by atoms with Crippen LogP contribution in [-0.2, 0) is 0 Å². The molecule has 0 bridgehead atoms. The Hall–Kier alpha value is -2.22. The molecule has 1 aliphatic rings. The normalized spacial score (nSPS) is 21.4. The Morgan fingerprint density at radius 1 is 1.52 bits per heavy atom. The third kappa shape index (κ3) is 2.80. The van der Waals surface area contributed by atoms with Crippen molar-refractivity contribution in [3.63, 3.8) is 0 Å². The monoisotopic (exact) mass is 296 g/mol. The lowest BCUT2D eigenvalue weighted by molar-refractivity contribution is -0.385. The zero-order chi connectivity index (χ0) is 15.7. The summed E-state index contributed by atoms with van der Waals surface area (Å²) in [5, 5.41) is 11.1. The molecule has 1 fully saturated rings. The summed E-state index contributed by atoms with van der Waals surface area (Å²) in [5.74, 6) is 4.14. The van der Waals surface area contributed by atoms with Crippen LogP contribution in [0.25, 0.3) is 0 Å². The van der Waals surface area contributed by atoms with E-state index in [1.54, 1.807) is 4.90 Å². The van der Waals surface area contributed by atoms with Crippen molar-refractivity contribution in [1.82, 2.24) is 4.90 Å². The molecule has 114 valence electrons. The summed E-state index contributed by atoms with van der Waals surface area (Å²) in [4.78, 5) is 24.4. The molecule has 1 saturated heterocycles. The highest BCUT2D eigenvalue weighted by molar-refractivity contribution is 5.99. The molecule has 0 spiro atoms. The Labute approximate surface area is 121 Å². The van der Waals surface area contributed by atoms with Crippen LogP contribution in [-0.4, -0.2) is 28.3 Å². The number of nitrogen functional groups attached to an aromatic ring is 1. The number of likely N-dealkylation sites (tertiary alicyclic amines) is 1. The number of nitro benzene ring substituents is 1. The molecule has 1 aliphatic heterocycles. The lowest BCUT2D eigenvalue weighted by Gasteiger charge is -2.21. The van der Waals surface area contributed by atoms with Gasteiger partial charge in [-0.2, -0.15) is 0 Å². The molecule has 2 rings (SSSR count). The van der Waals surface area contributed by atoms with Gasteiger partial charge in [0.2, 0.25) is 0 Å². The zero-order valence-corrected chi connectivity index (χ0v) is 11.8. The zero-order valence-electron chi connectivity index (χ0n) is 11.8. The molecule has 1 aromatic rings. The van der Waals surface area contributed by atoms with E-state index in [0.717, 1.165) is 12.5 Å². The van der Waals surface area contributed by atoms with Gasteiger partial charge in [-0.1, -0.05) is 6.92 Å². The first kappa shape index (κ1) is 15.2. The lowest BCUT2D eigenvalue weighted by atomic mass is 10.1. The number of nitrogens with zero attached hydrogens (tertiary/aromatic N) is 2. The number of halogens is 1. The van der Waals surface area contributed by atoms with E-state index in [1.165, 1.54) is 0 Å². The molecule has 3 N–H and O–H groups in total. The van der Waals surface area contributed by atoms with Gasteiger partial charge in [0.25, 0.3) is 11.6 Å². The number of hydrogen-bond acceptors (Lipinski definition) is 5. The summed E-state index contributed by atoms with van der Waals surface area (Å²) in [6.45, 7) is 4.43. The summed E-state index contributed by atoms with van der Waals surface area (Å²) >= 11 is 0. The summed E-state index contributed by atoms with van der Waals surface area (Å²) in [6, 6.07) is 1.80. The predicted molar refractivity (Wildman–Crippen MR) is 75.1 cm³/mol. The number of nitrogens with two attached hydrogens (primary N) is 1. The molecular weight excluding hydrogens is 279 g/mol. The molecule has 0 radical (unpaired) electrons. The van der Waals surface area contributed by atoms with Crippen LogP contribution in [0.1, 0.15) is 30.6 Å². The first-order chi connectivity index (χ1) is 9.85. The quantitative estimate of drug-likeness (QED) is 0.504. The van der Waals surface area contributed by atoms with Crippen LogP contribution in [0.2, 0.25) is 0 Å². The molecular formula is C13H17FN4O3. The average molecular weight is 296 g/mol. The minimum absolute atomic E-state index is 0.00792. The van der Waals surface area contributed by atoms with Crippen molar-refractivity contribution in [2.45, 2.75) is 26.3 Å². The second-order valence-electron chi connectivity index (χ2n) is 5.40. The molecule has 2 atom stereocenters. The fourth-order valence-corrected chi connectivity index (χ4v) is 2.73. The number of nitrogens with one attached hydrogen (secondary N) is 1. The summed E-state index contributed by atoms with van der Waals surface area (Å²) < 4.78 is 13.6. The maximum Gasteiger partial charge on any atom is 0.285 e. The van der Waals surface area contributed by atoms with Crippen molar-refractivity contribution in [1.29, 1.82) is 0 Å². The summed E-state index contributed by atoms with van der Waals surface area (Å²) in [6.07, 6.45) is 0.836. The van der Waals surface area contributed by atoms with Gasteiger partial charge in [0.15, 0.2) is 5.82 Å². The van der Waals surface area contributed by atoms with E-state index in [-0.39, 0.29) is 17.3 Å². The minimum Gasteiger partial charge on any atom is -0.335 e. The number of amides is 1. The Morgan fingerprint density at radius 3 is 2.67 bits per heavy atom. The highest BCUT2D eigenvalue weighted by Gasteiger charge is 2.34. The van der Waals surface area contributed by atoms with Gasteiger partial charge in [0.05, 0.1) is 16.7 Å². The summed E-state index contributed by atoms with van der Waals surface area (Å²) in [7, 11) is 0. The van der Waals surface area contributed by atoms with Crippen molar-refractivity contribution < 1.29 is 14.1 Å². The maximum atomic E-state index is 13.6. The molecule has 2 unspecified atom stereocenters. The predicted octanol–water partition coefficient (Wildman–Crippen LogP) is 1.89. The molecule has 1 aromatic carbocycles. The fraction of sp³-hybridized carbons (Fsp3) is 0.462. The van der Waals surface area contributed by atoms with Crippen molar-refractivity contribution in [2.24, 2.45) is 11.8 Å². The fourth-order valence-electron chi connectivity index (χ4n) is 2.73. The molecule has 0 saturated carbocycles. The number of hydrazine groups is 1. The second kappa shape index (κ2) is 5.65. The van der Waals surface area contributed by atoms with Crippen LogP contribution in [0, 0.1) is 21.8 Å². The average Bonchev–Trinajstić information content (AvgIpc) is 2.76. The Bertz CT molecular complexity index is 593. The maximum absolute atomic E-state index is 13.6. The number of nitro groups is 1. The molecule has 0 aliphatic carbocycles. The highest BCUT2D eigenvalue weighted by atomic mass is 19.1. The Kier molecular flexibility index (Phi) is 4.08. The Morgan fingerprint density at radius 2 is 2.19 bits per heavy atom. The van der Waals surface area contributed by atoms with E-state index in [4.69, 9.17) is 5.84 Å². The van der Waals surface area contributed by atoms with Crippen molar-refractivity contribution >= 4 is 17.3 Å². The van der Waals surface area contributed by atoms with E-state index in [0.29, 0.717) is 18.5 Å². The first-order valence-electron chi connectivity index (χ1n) is 6.60.